The lowest BCUT2D eigenvalue weighted by Gasteiger charge is -2.48. The van der Waals surface area contributed by atoms with E-state index in [2.05, 4.69) is 29.6 Å². The van der Waals surface area contributed by atoms with Gasteiger partial charge in [-0.3, -0.25) is 14.5 Å². The van der Waals surface area contributed by atoms with E-state index in [1.54, 1.807) is 12.1 Å². The number of hydrogen-bond acceptors (Lipinski definition) is 4. The van der Waals surface area contributed by atoms with Gasteiger partial charge in [0, 0.05) is 30.9 Å². The van der Waals surface area contributed by atoms with Crippen LogP contribution >= 0.6 is 0 Å². The van der Waals surface area contributed by atoms with E-state index in [1.165, 1.54) is 0 Å². The highest BCUT2D eigenvalue weighted by atomic mass is 16.2. The minimum atomic E-state index is -0.183. The lowest BCUT2D eigenvalue weighted by atomic mass is 9.75. The number of benzene rings is 2. The van der Waals surface area contributed by atoms with Gasteiger partial charge in [-0.05, 0) is 75.2 Å². The number of fused-ring (bicyclic) bond motifs is 1. The molecular weight excluding hydrogens is 388 g/mol. The quantitative estimate of drug-likeness (QED) is 0.798. The van der Waals surface area contributed by atoms with Crippen molar-refractivity contribution in [1.29, 1.82) is 0 Å². The summed E-state index contributed by atoms with van der Waals surface area (Å²) in [5.74, 6) is 0.271. The fraction of sp³-hybridized carbons (Fsp3) is 0.440. The number of nitrogens with zero attached hydrogens (tertiary/aromatic N) is 2. The predicted octanol–water partition coefficient (Wildman–Crippen LogP) is 3.06. The molecule has 2 amide bonds. The summed E-state index contributed by atoms with van der Waals surface area (Å²) in [4.78, 5) is 30.1. The summed E-state index contributed by atoms with van der Waals surface area (Å²) in [7, 11) is 6.09. The number of nitrogens with one attached hydrogen (secondary N) is 2. The summed E-state index contributed by atoms with van der Waals surface area (Å²) in [5.41, 5.74) is 3.43. The Labute approximate surface area is 184 Å². The first-order valence-corrected chi connectivity index (χ1v) is 11.0. The maximum absolute atomic E-state index is 13.4. The Bertz CT molecular complexity index is 959. The molecule has 4 unspecified atom stereocenters. The molecule has 0 radical (unpaired) electrons. The molecule has 31 heavy (non-hydrogen) atoms. The van der Waals surface area contributed by atoms with Crippen LogP contribution in [-0.4, -0.2) is 61.5 Å². The molecule has 4 atom stereocenters. The summed E-state index contributed by atoms with van der Waals surface area (Å²) in [6.07, 6.45) is 2.07. The van der Waals surface area contributed by atoms with E-state index in [0.29, 0.717) is 17.6 Å². The van der Waals surface area contributed by atoms with Crippen molar-refractivity contribution < 1.29 is 9.59 Å². The smallest absolute Gasteiger partial charge is 0.255 e. The van der Waals surface area contributed by atoms with Gasteiger partial charge in [0.15, 0.2) is 0 Å². The number of likely N-dealkylation sites (N-methyl/N-ethyl adjacent to an activating group) is 1. The monoisotopic (exact) mass is 420 g/mol. The summed E-state index contributed by atoms with van der Waals surface area (Å²) in [6.45, 7) is 2.95. The molecule has 2 saturated heterocycles. The van der Waals surface area contributed by atoms with E-state index in [1.807, 2.05) is 55.3 Å². The van der Waals surface area contributed by atoms with Crippen molar-refractivity contribution >= 4 is 17.5 Å². The van der Waals surface area contributed by atoms with Crippen LogP contribution in [-0.2, 0) is 4.79 Å². The van der Waals surface area contributed by atoms with Crippen LogP contribution in [0.15, 0.2) is 48.5 Å². The van der Waals surface area contributed by atoms with Gasteiger partial charge in [0.1, 0.15) is 0 Å². The van der Waals surface area contributed by atoms with Gasteiger partial charge in [0.25, 0.3) is 5.91 Å². The lowest BCUT2D eigenvalue weighted by Crippen LogP contribution is -2.61. The predicted molar refractivity (Wildman–Crippen MR) is 123 cm³/mol. The average molecular weight is 421 g/mol. The highest BCUT2D eigenvalue weighted by Crippen LogP contribution is 2.39. The molecule has 0 aromatic heterocycles. The fourth-order valence-corrected chi connectivity index (χ4v) is 5.00. The number of hydrogen-bond donors (Lipinski definition) is 2. The Balaban J connectivity index is 1.55. The van der Waals surface area contributed by atoms with Gasteiger partial charge in [-0.15, -0.1) is 0 Å². The van der Waals surface area contributed by atoms with Crippen LogP contribution in [0.2, 0.25) is 0 Å². The Morgan fingerprint density at radius 2 is 1.87 bits per heavy atom. The molecule has 2 aliphatic rings. The van der Waals surface area contributed by atoms with Crippen LogP contribution in [0.3, 0.4) is 0 Å². The number of piperidine rings is 2. The van der Waals surface area contributed by atoms with Gasteiger partial charge in [-0.2, -0.15) is 0 Å². The molecule has 6 nitrogen and oxygen atoms in total. The van der Waals surface area contributed by atoms with Gasteiger partial charge in [0.2, 0.25) is 5.91 Å². The molecule has 6 heteroatoms. The van der Waals surface area contributed by atoms with E-state index in [4.69, 9.17) is 0 Å². The first-order valence-electron chi connectivity index (χ1n) is 11.0. The van der Waals surface area contributed by atoms with Crippen molar-refractivity contribution in [2.45, 2.75) is 37.9 Å². The first-order chi connectivity index (χ1) is 14.8. The SMILES string of the molecule is Cc1ccc(NC(=O)c2ccccc2)cc1C1CC2CNC(N(C)C)CC2N(C)C1=O. The second-order valence-corrected chi connectivity index (χ2v) is 9.08. The molecule has 2 aromatic carbocycles. The van der Waals surface area contributed by atoms with Crippen LogP contribution in [0, 0.1) is 12.8 Å². The topological polar surface area (TPSA) is 64.7 Å². The van der Waals surface area contributed by atoms with Crippen molar-refractivity contribution in [2.24, 2.45) is 5.92 Å². The molecule has 2 N–H and O–H groups in total. The normalized spacial score (nSPS) is 26.0. The van der Waals surface area contributed by atoms with E-state index < -0.39 is 0 Å². The van der Waals surface area contributed by atoms with Crippen molar-refractivity contribution in [3.8, 4) is 0 Å². The number of aryl methyl sites for hydroxylation is 1. The number of anilines is 1. The third-order valence-electron chi connectivity index (χ3n) is 6.88. The van der Waals surface area contributed by atoms with E-state index in [9.17, 15) is 9.59 Å². The zero-order valence-electron chi connectivity index (χ0n) is 18.8. The fourth-order valence-electron chi connectivity index (χ4n) is 5.00. The standard InChI is InChI=1S/C25H32N4O2/c1-16-10-11-19(27-24(30)17-8-6-5-7-9-17)13-20(16)21-12-18-15-26-23(28(2)3)14-22(18)29(4)25(21)31/h5-11,13,18,21-23,26H,12,14-15H2,1-4H3,(H,27,30). The van der Waals surface area contributed by atoms with Crippen LogP contribution in [0.1, 0.15) is 40.2 Å². The van der Waals surface area contributed by atoms with Gasteiger partial charge in [-0.25, -0.2) is 0 Å². The van der Waals surface area contributed by atoms with Crippen LogP contribution < -0.4 is 10.6 Å². The Hall–Kier alpha value is -2.70. The molecule has 2 heterocycles. The largest absolute Gasteiger partial charge is 0.342 e. The summed E-state index contributed by atoms with van der Waals surface area (Å²) >= 11 is 0. The maximum atomic E-state index is 13.4. The van der Waals surface area contributed by atoms with Crippen molar-refractivity contribution in [3.63, 3.8) is 0 Å². The number of carbonyl (C=O) groups excluding carboxylic acids is 2. The Morgan fingerprint density at radius 1 is 1.13 bits per heavy atom. The number of amides is 2. The number of rotatable bonds is 4. The third kappa shape index (κ3) is 4.36. The summed E-state index contributed by atoms with van der Waals surface area (Å²) in [5, 5.41) is 6.61. The van der Waals surface area contributed by atoms with Crippen LogP contribution in [0.25, 0.3) is 0 Å². The summed E-state index contributed by atoms with van der Waals surface area (Å²) in [6, 6.07) is 15.3. The average Bonchev–Trinajstić information content (AvgIpc) is 2.78. The Kier molecular flexibility index (Phi) is 6.12. The Morgan fingerprint density at radius 3 is 2.58 bits per heavy atom. The number of likely N-dealkylation sites (tertiary alicyclic amines) is 1. The van der Waals surface area contributed by atoms with Gasteiger partial charge in [0.05, 0.1) is 12.1 Å². The van der Waals surface area contributed by atoms with Crippen LogP contribution in [0.5, 0.6) is 0 Å². The molecule has 2 aromatic rings. The second-order valence-electron chi connectivity index (χ2n) is 9.08. The van der Waals surface area contributed by atoms with Crippen LogP contribution in [0.4, 0.5) is 5.69 Å². The zero-order valence-corrected chi connectivity index (χ0v) is 18.8. The van der Waals surface area contributed by atoms with Crippen molar-refractivity contribution in [1.82, 2.24) is 15.1 Å². The second kappa shape index (κ2) is 8.81. The molecule has 0 bridgehead atoms. The van der Waals surface area contributed by atoms with Gasteiger partial charge in [-0.1, -0.05) is 24.3 Å². The molecule has 4 rings (SSSR count). The van der Waals surface area contributed by atoms with E-state index in [-0.39, 0.29) is 23.8 Å². The molecule has 0 spiro atoms. The van der Waals surface area contributed by atoms with E-state index >= 15 is 0 Å². The zero-order chi connectivity index (χ0) is 22.1. The molecule has 164 valence electrons. The molecule has 2 aliphatic heterocycles. The highest BCUT2D eigenvalue weighted by molar-refractivity contribution is 6.04. The van der Waals surface area contributed by atoms with Crippen molar-refractivity contribution in [2.75, 3.05) is 33.0 Å². The van der Waals surface area contributed by atoms with E-state index in [0.717, 1.165) is 36.2 Å². The molecule has 0 saturated carbocycles. The number of carbonyl (C=O) groups is 2. The first kappa shape index (κ1) is 21.5. The lowest BCUT2D eigenvalue weighted by molar-refractivity contribution is -0.141. The van der Waals surface area contributed by atoms with Gasteiger partial charge >= 0.3 is 0 Å². The minimum absolute atomic E-state index is 0.145. The van der Waals surface area contributed by atoms with Crippen molar-refractivity contribution in [3.05, 3.63) is 65.2 Å². The minimum Gasteiger partial charge on any atom is -0.342 e. The molecular formula is C25H32N4O2. The summed E-state index contributed by atoms with van der Waals surface area (Å²) < 4.78 is 0. The molecule has 2 fully saturated rings. The highest BCUT2D eigenvalue weighted by Gasteiger charge is 2.44. The molecule has 0 aliphatic carbocycles. The third-order valence-corrected chi connectivity index (χ3v) is 6.88. The maximum Gasteiger partial charge on any atom is 0.255 e. The van der Waals surface area contributed by atoms with Gasteiger partial charge < -0.3 is 15.5 Å².